The van der Waals surface area contributed by atoms with Crippen molar-refractivity contribution in [3.8, 4) is 11.3 Å². The number of amides is 1. The zero-order valence-electron chi connectivity index (χ0n) is 21.3. The van der Waals surface area contributed by atoms with Gasteiger partial charge in [0.15, 0.2) is 5.65 Å². The van der Waals surface area contributed by atoms with E-state index in [1.165, 1.54) is 26.2 Å². The molecule has 4 aromatic rings. The Hall–Kier alpha value is -3.13. The number of hydrogen-bond donors (Lipinski definition) is 1. The van der Waals surface area contributed by atoms with Gasteiger partial charge in [0.1, 0.15) is 11.9 Å². The molecule has 0 saturated heterocycles. The van der Waals surface area contributed by atoms with Gasteiger partial charge in [0, 0.05) is 37.6 Å². The topological polar surface area (TPSA) is 75.5 Å². The van der Waals surface area contributed by atoms with Crippen LogP contribution in [0.5, 0.6) is 0 Å². The van der Waals surface area contributed by atoms with Crippen LogP contribution < -0.4 is 0 Å². The molecular formula is C27H35N5O2S. The molecule has 0 spiro atoms. The molecule has 1 aliphatic rings. The molecule has 0 fully saturated rings. The first-order valence-corrected chi connectivity index (χ1v) is 13.0. The highest BCUT2D eigenvalue weighted by Crippen LogP contribution is 2.40. The summed E-state index contributed by atoms with van der Waals surface area (Å²) in [6.45, 7) is 13.6. The van der Waals surface area contributed by atoms with E-state index >= 15 is 0 Å². The van der Waals surface area contributed by atoms with Gasteiger partial charge in [0.2, 0.25) is 0 Å². The van der Waals surface area contributed by atoms with Crippen LogP contribution in [0.4, 0.5) is 4.79 Å². The summed E-state index contributed by atoms with van der Waals surface area (Å²) in [5.74, 6) is 0.383. The third-order valence-electron chi connectivity index (χ3n) is 6.34. The zero-order valence-corrected chi connectivity index (χ0v) is 22.1. The second-order valence-corrected chi connectivity index (χ2v) is 11.8. The summed E-state index contributed by atoms with van der Waals surface area (Å²) in [4.78, 5) is 23.5. The summed E-state index contributed by atoms with van der Waals surface area (Å²) in [5.41, 5.74) is 7.75. The number of carbonyl (C=O) groups excluding carboxylic acids is 1. The molecule has 0 saturated carbocycles. The monoisotopic (exact) mass is 493 g/mol. The first-order chi connectivity index (χ1) is 16.6. The Morgan fingerprint density at radius 2 is 2.11 bits per heavy atom. The number of pyridine rings is 1. The fraction of sp³-hybridized carbons (Fsp3) is 0.444. The normalized spacial score (nSPS) is 14.8. The number of aromatic nitrogens is 4. The lowest BCUT2D eigenvalue weighted by Crippen LogP contribution is -2.39. The van der Waals surface area contributed by atoms with Crippen molar-refractivity contribution in [2.45, 2.75) is 65.9 Å². The lowest BCUT2D eigenvalue weighted by Gasteiger charge is -2.29. The van der Waals surface area contributed by atoms with Crippen LogP contribution >= 0.6 is 11.3 Å². The summed E-state index contributed by atoms with van der Waals surface area (Å²) in [7, 11) is 0. The SMILES string of the molecule is Cc1cc(-c2[nH]c3cc(CC4=CCN(C(=O)OC(C)(C)C)CC4)sc3c2C(C)C)cn2ncnc12.[HH]. The Morgan fingerprint density at radius 3 is 2.80 bits per heavy atom. The molecule has 35 heavy (non-hydrogen) atoms. The van der Waals surface area contributed by atoms with Crippen LogP contribution in [0, 0.1) is 6.92 Å². The molecule has 8 heteroatoms. The van der Waals surface area contributed by atoms with Crippen LogP contribution in [0.15, 0.2) is 36.3 Å². The van der Waals surface area contributed by atoms with E-state index in [1.54, 1.807) is 11.2 Å². The first kappa shape index (κ1) is 23.6. The Bertz CT molecular complexity index is 1440. The second-order valence-electron chi connectivity index (χ2n) is 10.7. The van der Waals surface area contributed by atoms with Crippen molar-refractivity contribution in [1.82, 2.24) is 24.5 Å². The lowest BCUT2D eigenvalue weighted by molar-refractivity contribution is 0.0265. The van der Waals surface area contributed by atoms with Gasteiger partial charge < -0.3 is 14.6 Å². The van der Waals surface area contributed by atoms with Crippen molar-refractivity contribution in [2.75, 3.05) is 13.1 Å². The molecule has 5 heterocycles. The van der Waals surface area contributed by atoms with Gasteiger partial charge in [0.25, 0.3) is 0 Å². The molecule has 1 aliphatic heterocycles. The maximum absolute atomic E-state index is 12.4. The number of thiophene rings is 1. The molecule has 1 amide bonds. The Labute approximate surface area is 211 Å². The number of H-pyrrole nitrogens is 1. The second kappa shape index (κ2) is 8.82. The molecule has 0 aliphatic carbocycles. The van der Waals surface area contributed by atoms with Gasteiger partial charge in [0.05, 0.1) is 15.9 Å². The molecule has 0 aromatic carbocycles. The van der Waals surface area contributed by atoms with Crippen molar-refractivity contribution in [1.29, 1.82) is 0 Å². The summed E-state index contributed by atoms with van der Waals surface area (Å²) >= 11 is 1.87. The van der Waals surface area contributed by atoms with Gasteiger partial charge >= 0.3 is 6.09 Å². The van der Waals surface area contributed by atoms with E-state index in [2.05, 4.69) is 60.2 Å². The van der Waals surface area contributed by atoms with Gasteiger partial charge in [-0.15, -0.1) is 11.3 Å². The number of rotatable bonds is 4. The highest BCUT2D eigenvalue weighted by Gasteiger charge is 2.24. The van der Waals surface area contributed by atoms with Gasteiger partial charge in [-0.25, -0.2) is 14.3 Å². The highest BCUT2D eigenvalue weighted by molar-refractivity contribution is 7.19. The zero-order chi connectivity index (χ0) is 24.9. The van der Waals surface area contributed by atoms with E-state index in [9.17, 15) is 4.79 Å². The molecule has 1 N–H and O–H groups in total. The van der Waals surface area contributed by atoms with Crippen LogP contribution in [-0.2, 0) is 11.2 Å². The summed E-state index contributed by atoms with van der Waals surface area (Å²) in [6, 6.07) is 4.48. The molecule has 0 unspecified atom stereocenters. The van der Waals surface area contributed by atoms with Crippen LogP contribution in [0.1, 0.15) is 64.4 Å². The van der Waals surface area contributed by atoms with Crippen LogP contribution in [0.3, 0.4) is 0 Å². The molecule has 186 valence electrons. The first-order valence-electron chi connectivity index (χ1n) is 12.2. The maximum Gasteiger partial charge on any atom is 0.410 e. The number of carbonyl (C=O) groups is 1. The average Bonchev–Trinajstić information content (AvgIpc) is 3.47. The van der Waals surface area contributed by atoms with E-state index in [1.807, 2.05) is 36.6 Å². The number of aromatic amines is 1. The number of fused-ring (bicyclic) bond motifs is 2. The van der Waals surface area contributed by atoms with Gasteiger partial charge in [-0.2, -0.15) is 5.10 Å². The van der Waals surface area contributed by atoms with Crippen molar-refractivity contribution in [2.24, 2.45) is 0 Å². The third-order valence-corrected chi connectivity index (χ3v) is 7.51. The van der Waals surface area contributed by atoms with E-state index in [-0.39, 0.29) is 7.52 Å². The number of ether oxygens (including phenoxy) is 1. The van der Waals surface area contributed by atoms with Crippen LogP contribution in [-0.4, -0.2) is 49.3 Å². The van der Waals surface area contributed by atoms with E-state index < -0.39 is 5.60 Å². The van der Waals surface area contributed by atoms with Crippen LogP contribution in [0.2, 0.25) is 0 Å². The average molecular weight is 494 g/mol. The summed E-state index contributed by atoms with van der Waals surface area (Å²) < 4.78 is 8.70. The number of aryl methyl sites for hydroxylation is 1. The minimum absolute atomic E-state index is 0. The standard InChI is InChI=1S/C27H33N5O2S.H2/c1-16(2)22-23(19-11-17(3)25-28-15-29-32(25)14-19)30-21-13-20(35-24(21)22)12-18-7-9-31(10-8-18)26(33)34-27(4,5)6;/h7,11,13-16,30H,8-10,12H2,1-6H3;1H. The van der Waals surface area contributed by atoms with Crippen molar-refractivity contribution >= 4 is 33.3 Å². The fourth-order valence-corrected chi connectivity index (χ4v) is 6.10. The quantitative estimate of drug-likeness (QED) is 0.320. The van der Waals surface area contributed by atoms with Gasteiger partial charge in [-0.3, -0.25) is 0 Å². The molecular weight excluding hydrogens is 458 g/mol. The lowest BCUT2D eigenvalue weighted by atomic mass is 9.99. The smallest absolute Gasteiger partial charge is 0.410 e. The molecule has 5 rings (SSSR count). The molecule has 4 aromatic heterocycles. The Balaban J connectivity index is 0.00000304. The minimum Gasteiger partial charge on any atom is -0.444 e. The third kappa shape index (κ3) is 4.72. The molecule has 0 atom stereocenters. The largest absolute Gasteiger partial charge is 0.444 e. The number of nitrogens with one attached hydrogen (secondary N) is 1. The van der Waals surface area contributed by atoms with Crippen LogP contribution in [0.25, 0.3) is 27.1 Å². The fourth-order valence-electron chi connectivity index (χ4n) is 4.73. The maximum atomic E-state index is 12.4. The molecule has 7 nitrogen and oxygen atoms in total. The predicted octanol–water partition coefficient (Wildman–Crippen LogP) is 6.73. The van der Waals surface area contributed by atoms with Gasteiger partial charge in [-0.1, -0.05) is 25.5 Å². The Kier molecular flexibility index (Phi) is 5.95. The number of hydrogen-bond acceptors (Lipinski definition) is 5. The minimum atomic E-state index is -0.466. The van der Waals surface area contributed by atoms with Crippen molar-refractivity contribution in [3.05, 3.63) is 52.3 Å². The highest BCUT2D eigenvalue weighted by atomic mass is 32.1. The van der Waals surface area contributed by atoms with E-state index in [4.69, 9.17) is 4.74 Å². The van der Waals surface area contributed by atoms with Crippen molar-refractivity contribution in [3.63, 3.8) is 0 Å². The number of nitrogens with zero attached hydrogens (tertiary/aromatic N) is 4. The van der Waals surface area contributed by atoms with Crippen molar-refractivity contribution < 1.29 is 11.0 Å². The van der Waals surface area contributed by atoms with Gasteiger partial charge in [-0.05, 0) is 63.3 Å². The molecule has 0 bridgehead atoms. The van der Waals surface area contributed by atoms with E-state index in [0.29, 0.717) is 19.0 Å². The molecule has 0 radical (unpaired) electrons. The Morgan fingerprint density at radius 1 is 1.31 bits per heavy atom. The summed E-state index contributed by atoms with van der Waals surface area (Å²) in [5, 5.41) is 4.35. The predicted molar refractivity (Wildman–Crippen MR) is 143 cm³/mol. The van der Waals surface area contributed by atoms with E-state index in [0.717, 1.165) is 35.3 Å². The summed E-state index contributed by atoms with van der Waals surface area (Å²) in [6.07, 6.45) is 7.41.